The molecule has 1 heterocycles. The molecule has 0 bridgehead atoms. The molecule has 0 amide bonds. The molecule has 2 rings (SSSR count). The van der Waals surface area contributed by atoms with Gasteiger partial charge in [-0.1, -0.05) is 32.4 Å². The van der Waals surface area contributed by atoms with Crippen LogP contribution in [0.2, 0.25) is 5.02 Å². The molecule has 100 valence electrons. The topological polar surface area (TPSA) is 12.0 Å². The summed E-state index contributed by atoms with van der Waals surface area (Å²) in [5, 5.41) is 4.54. The van der Waals surface area contributed by atoms with Crippen molar-refractivity contribution < 1.29 is 0 Å². The van der Waals surface area contributed by atoms with Crippen molar-refractivity contribution in [2.45, 2.75) is 44.6 Å². The van der Waals surface area contributed by atoms with E-state index in [-0.39, 0.29) is 0 Å². The predicted octanol–water partition coefficient (Wildman–Crippen LogP) is 4.90. The van der Waals surface area contributed by atoms with Gasteiger partial charge in [0.1, 0.15) is 0 Å². The van der Waals surface area contributed by atoms with Crippen LogP contribution in [0.5, 0.6) is 0 Å². The van der Waals surface area contributed by atoms with Crippen molar-refractivity contribution in [2.24, 2.45) is 5.41 Å². The normalized spacial score (nSPS) is 19.7. The maximum absolute atomic E-state index is 6.11. The molecule has 1 aromatic carbocycles. The number of nitrogens with one attached hydrogen (secondary N) is 1. The average Bonchev–Trinajstić information content (AvgIpc) is 2.28. The fourth-order valence-corrected chi connectivity index (χ4v) is 3.48. The van der Waals surface area contributed by atoms with E-state index >= 15 is 0 Å². The summed E-state index contributed by atoms with van der Waals surface area (Å²) in [5.74, 6) is 1.20. The zero-order valence-electron chi connectivity index (χ0n) is 11.4. The molecule has 1 aliphatic rings. The highest BCUT2D eigenvalue weighted by Gasteiger charge is 2.21. The monoisotopic (exact) mass is 283 g/mol. The summed E-state index contributed by atoms with van der Waals surface area (Å²) >= 11 is 8.05. The van der Waals surface area contributed by atoms with E-state index in [2.05, 4.69) is 38.2 Å². The second kappa shape index (κ2) is 5.85. The molecule has 18 heavy (non-hydrogen) atoms. The van der Waals surface area contributed by atoms with Crippen LogP contribution >= 0.6 is 23.4 Å². The zero-order chi connectivity index (χ0) is 13.2. The first-order chi connectivity index (χ1) is 8.46. The molecule has 0 saturated heterocycles. The number of rotatable bonds is 3. The van der Waals surface area contributed by atoms with Crippen LogP contribution in [0.1, 0.15) is 45.2 Å². The Morgan fingerprint density at radius 1 is 1.39 bits per heavy atom. The molecule has 0 radical (unpaired) electrons. The van der Waals surface area contributed by atoms with Gasteiger partial charge in [-0.3, -0.25) is 0 Å². The lowest BCUT2D eigenvalue weighted by molar-refractivity contribution is 0.351. The predicted molar refractivity (Wildman–Crippen MR) is 81.6 cm³/mol. The minimum absolute atomic E-state index is 0.396. The highest BCUT2D eigenvalue weighted by Crippen LogP contribution is 2.37. The third-order valence-electron chi connectivity index (χ3n) is 3.28. The molecule has 0 spiro atoms. The number of benzene rings is 1. The van der Waals surface area contributed by atoms with Gasteiger partial charge >= 0.3 is 0 Å². The van der Waals surface area contributed by atoms with E-state index in [0.717, 1.165) is 11.6 Å². The van der Waals surface area contributed by atoms with Gasteiger partial charge in [-0.25, -0.2) is 0 Å². The van der Waals surface area contributed by atoms with Crippen molar-refractivity contribution in [3.05, 3.63) is 28.8 Å². The van der Waals surface area contributed by atoms with E-state index in [1.165, 1.54) is 29.1 Å². The summed E-state index contributed by atoms with van der Waals surface area (Å²) < 4.78 is 0. The van der Waals surface area contributed by atoms with Crippen molar-refractivity contribution >= 4 is 23.4 Å². The van der Waals surface area contributed by atoms with E-state index < -0.39 is 0 Å². The second-order valence-corrected chi connectivity index (χ2v) is 7.71. The van der Waals surface area contributed by atoms with Crippen molar-refractivity contribution in [1.29, 1.82) is 0 Å². The number of halogens is 1. The lowest BCUT2D eigenvalue weighted by Gasteiger charge is -2.28. The van der Waals surface area contributed by atoms with Gasteiger partial charge in [-0.2, -0.15) is 0 Å². The Hall–Kier alpha value is -0.180. The highest BCUT2D eigenvalue weighted by molar-refractivity contribution is 7.99. The van der Waals surface area contributed by atoms with Crippen LogP contribution < -0.4 is 5.32 Å². The maximum atomic E-state index is 6.11. The summed E-state index contributed by atoms with van der Waals surface area (Å²) in [7, 11) is 0. The van der Waals surface area contributed by atoms with Gasteiger partial charge in [0.25, 0.3) is 0 Å². The first kappa shape index (κ1) is 14.2. The van der Waals surface area contributed by atoms with E-state index in [0.29, 0.717) is 11.5 Å². The third kappa shape index (κ3) is 3.91. The molecule has 0 saturated carbocycles. The molecule has 1 nitrogen and oxygen atoms in total. The van der Waals surface area contributed by atoms with E-state index in [1.54, 1.807) is 0 Å². The summed E-state index contributed by atoms with van der Waals surface area (Å²) in [6, 6.07) is 6.74. The van der Waals surface area contributed by atoms with Crippen LogP contribution in [-0.4, -0.2) is 12.3 Å². The third-order valence-corrected chi connectivity index (χ3v) is 4.63. The van der Waals surface area contributed by atoms with E-state index in [4.69, 9.17) is 11.6 Å². The molecule has 1 aliphatic heterocycles. The number of hydrogen-bond donors (Lipinski definition) is 1. The van der Waals surface area contributed by atoms with Crippen molar-refractivity contribution in [1.82, 2.24) is 5.32 Å². The van der Waals surface area contributed by atoms with Crippen LogP contribution in [0.25, 0.3) is 0 Å². The molecular formula is C15H22ClNS. The Bertz CT molecular complexity index is 411. The second-order valence-electron chi connectivity index (χ2n) is 6.14. The van der Waals surface area contributed by atoms with Crippen LogP contribution in [0, 0.1) is 5.41 Å². The molecular weight excluding hydrogens is 262 g/mol. The smallest absolute Gasteiger partial charge is 0.0410 e. The molecule has 0 fully saturated rings. The standard InChI is InChI=1S/C15H22ClNS/c1-15(2,3)7-8-17-13-6-9-18-14-5-4-11(16)10-12(13)14/h4-5,10,13,17H,6-9H2,1-3H3. The van der Waals surface area contributed by atoms with Gasteiger partial charge in [0.05, 0.1) is 0 Å². The maximum Gasteiger partial charge on any atom is 0.0410 e. The molecule has 0 aromatic heterocycles. The van der Waals surface area contributed by atoms with Gasteiger partial charge < -0.3 is 5.32 Å². The lowest BCUT2D eigenvalue weighted by atomic mass is 9.92. The Morgan fingerprint density at radius 2 is 2.17 bits per heavy atom. The van der Waals surface area contributed by atoms with Crippen LogP contribution in [0.4, 0.5) is 0 Å². The fourth-order valence-electron chi connectivity index (χ4n) is 2.20. The molecule has 1 N–H and O–H groups in total. The Morgan fingerprint density at radius 3 is 2.89 bits per heavy atom. The minimum Gasteiger partial charge on any atom is -0.310 e. The number of hydrogen-bond acceptors (Lipinski definition) is 2. The summed E-state index contributed by atoms with van der Waals surface area (Å²) in [6.07, 6.45) is 2.40. The average molecular weight is 284 g/mol. The lowest BCUT2D eigenvalue weighted by Crippen LogP contribution is -2.27. The fraction of sp³-hybridized carbons (Fsp3) is 0.600. The first-order valence-corrected chi connectivity index (χ1v) is 7.98. The van der Waals surface area contributed by atoms with Gasteiger partial charge in [0.15, 0.2) is 0 Å². The summed E-state index contributed by atoms with van der Waals surface area (Å²) in [6.45, 7) is 7.94. The summed E-state index contributed by atoms with van der Waals surface area (Å²) in [4.78, 5) is 1.39. The molecule has 1 unspecified atom stereocenters. The van der Waals surface area contributed by atoms with E-state index in [1.807, 2.05) is 17.8 Å². The van der Waals surface area contributed by atoms with Crippen LogP contribution in [-0.2, 0) is 0 Å². The Kier molecular flexibility index (Phi) is 4.63. The SMILES string of the molecule is CC(C)(C)CCNC1CCSc2ccc(Cl)cc21. The van der Waals surface area contributed by atoms with E-state index in [9.17, 15) is 0 Å². The zero-order valence-corrected chi connectivity index (χ0v) is 13.0. The van der Waals surface area contributed by atoms with Crippen molar-refractivity contribution in [2.75, 3.05) is 12.3 Å². The molecule has 3 heteroatoms. The van der Waals surface area contributed by atoms with Crippen LogP contribution in [0.3, 0.4) is 0 Å². The Balaban J connectivity index is 2.01. The molecule has 1 atom stereocenters. The minimum atomic E-state index is 0.396. The summed E-state index contributed by atoms with van der Waals surface area (Å²) in [5.41, 5.74) is 1.78. The Labute approximate surface area is 120 Å². The van der Waals surface area contributed by atoms with Gasteiger partial charge in [-0.15, -0.1) is 11.8 Å². The largest absolute Gasteiger partial charge is 0.310 e. The number of thioether (sulfide) groups is 1. The van der Waals surface area contributed by atoms with Crippen molar-refractivity contribution in [3.8, 4) is 0 Å². The van der Waals surface area contributed by atoms with Crippen molar-refractivity contribution in [3.63, 3.8) is 0 Å². The van der Waals surface area contributed by atoms with Gasteiger partial charge in [0.2, 0.25) is 0 Å². The van der Waals surface area contributed by atoms with Gasteiger partial charge in [-0.05, 0) is 54.3 Å². The molecule has 1 aromatic rings. The molecule has 0 aliphatic carbocycles. The number of fused-ring (bicyclic) bond motifs is 1. The highest BCUT2D eigenvalue weighted by atomic mass is 35.5. The van der Waals surface area contributed by atoms with Gasteiger partial charge in [0, 0.05) is 16.0 Å². The first-order valence-electron chi connectivity index (χ1n) is 6.61. The quantitative estimate of drug-likeness (QED) is 0.846. The van der Waals surface area contributed by atoms with Crippen LogP contribution in [0.15, 0.2) is 23.1 Å².